The second kappa shape index (κ2) is 12.3. The first-order chi connectivity index (χ1) is 19.7. The van der Waals surface area contributed by atoms with Gasteiger partial charge in [-0.2, -0.15) is 5.10 Å². The molecule has 0 N–H and O–H groups in total. The fraction of sp³-hybridized carbons (Fsp3) is 0.467. The highest BCUT2D eigenvalue weighted by atomic mass is 28.3. The Morgan fingerprint density at radius 3 is 2.34 bits per heavy atom. The molecular formula is C30H38F2N4O4Si. The van der Waals surface area contributed by atoms with Crippen LogP contribution in [0.25, 0.3) is 22.2 Å². The first-order valence-corrected chi connectivity index (χ1v) is 17.7. The van der Waals surface area contributed by atoms with E-state index >= 15 is 8.78 Å². The van der Waals surface area contributed by atoms with Crippen molar-refractivity contribution in [2.45, 2.75) is 57.7 Å². The van der Waals surface area contributed by atoms with Gasteiger partial charge < -0.3 is 23.5 Å². The van der Waals surface area contributed by atoms with E-state index in [0.29, 0.717) is 30.6 Å². The topological polar surface area (TPSA) is 72.6 Å². The Morgan fingerprint density at radius 1 is 0.976 bits per heavy atom. The molecule has 4 heterocycles. The van der Waals surface area contributed by atoms with Gasteiger partial charge in [0.15, 0.2) is 23.1 Å². The van der Waals surface area contributed by atoms with E-state index in [2.05, 4.69) is 24.7 Å². The van der Waals surface area contributed by atoms with Gasteiger partial charge in [-0.3, -0.25) is 4.68 Å². The lowest BCUT2D eigenvalue weighted by Crippen LogP contribution is -2.22. The van der Waals surface area contributed by atoms with Gasteiger partial charge in [0, 0.05) is 81.0 Å². The number of hydrogen-bond donors (Lipinski definition) is 0. The first-order valence-electron chi connectivity index (χ1n) is 13.9. The maximum atomic E-state index is 15.3. The predicted molar refractivity (Wildman–Crippen MR) is 156 cm³/mol. The van der Waals surface area contributed by atoms with Crippen molar-refractivity contribution in [3.63, 3.8) is 0 Å². The van der Waals surface area contributed by atoms with Gasteiger partial charge in [-0.1, -0.05) is 19.6 Å². The molecule has 220 valence electrons. The van der Waals surface area contributed by atoms with Gasteiger partial charge in [0.25, 0.3) is 0 Å². The number of hydrogen-bond acceptors (Lipinski definition) is 6. The zero-order chi connectivity index (χ0) is 29.1. The predicted octanol–water partition coefficient (Wildman–Crippen LogP) is 6.45. The lowest BCUT2D eigenvalue weighted by atomic mass is 10.0. The van der Waals surface area contributed by atoms with E-state index in [-0.39, 0.29) is 23.5 Å². The lowest BCUT2D eigenvalue weighted by Gasteiger charge is -2.22. The fourth-order valence-electron chi connectivity index (χ4n) is 5.10. The van der Waals surface area contributed by atoms with E-state index in [0.717, 1.165) is 48.6 Å². The summed E-state index contributed by atoms with van der Waals surface area (Å²) in [6.45, 7) is 9.31. The van der Waals surface area contributed by atoms with Crippen molar-refractivity contribution in [2.75, 3.05) is 34.0 Å². The quantitative estimate of drug-likeness (QED) is 0.149. The van der Waals surface area contributed by atoms with Gasteiger partial charge in [-0.25, -0.2) is 13.8 Å². The Balaban J connectivity index is 1.52. The molecule has 1 aliphatic rings. The number of methoxy groups -OCH3 is 2. The van der Waals surface area contributed by atoms with Crippen LogP contribution in [0.2, 0.25) is 25.7 Å². The summed E-state index contributed by atoms with van der Waals surface area (Å²) < 4.78 is 56.4. The zero-order valence-corrected chi connectivity index (χ0v) is 25.4. The SMILES string of the molecule is COc1cc(OC)c(F)c(Cc2cn(COCC[Si](C)(C)C)c3ncc(-c4cnn(C5CCOCC5)c4)cc23)c1F. The maximum Gasteiger partial charge on any atom is 0.171 e. The zero-order valence-electron chi connectivity index (χ0n) is 24.4. The van der Waals surface area contributed by atoms with E-state index < -0.39 is 19.7 Å². The number of nitrogens with zero attached hydrogens (tertiary/aromatic N) is 4. The van der Waals surface area contributed by atoms with E-state index in [9.17, 15) is 0 Å². The first kappa shape index (κ1) is 29.2. The summed E-state index contributed by atoms with van der Waals surface area (Å²) in [6, 6.07) is 4.57. The summed E-state index contributed by atoms with van der Waals surface area (Å²) in [5.41, 5.74) is 3.07. The number of benzene rings is 1. The molecule has 5 rings (SSSR count). The Bertz CT molecular complexity index is 1480. The van der Waals surface area contributed by atoms with Crippen LogP contribution in [0.15, 0.2) is 36.9 Å². The van der Waals surface area contributed by atoms with Crippen LogP contribution in [0.3, 0.4) is 0 Å². The van der Waals surface area contributed by atoms with Crippen LogP contribution in [0.5, 0.6) is 11.5 Å². The highest BCUT2D eigenvalue weighted by Crippen LogP contribution is 2.35. The highest BCUT2D eigenvalue weighted by Gasteiger charge is 2.23. The van der Waals surface area contributed by atoms with Gasteiger partial charge in [-0.15, -0.1) is 0 Å². The average molecular weight is 585 g/mol. The van der Waals surface area contributed by atoms with Crippen LogP contribution < -0.4 is 9.47 Å². The smallest absolute Gasteiger partial charge is 0.171 e. The summed E-state index contributed by atoms with van der Waals surface area (Å²) in [4.78, 5) is 4.78. The summed E-state index contributed by atoms with van der Waals surface area (Å²) >= 11 is 0. The Hall–Kier alpha value is -3.28. The number of fused-ring (bicyclic) bond motifs is 1. The second-order valence-corrected chi connectivity index (χ2v) is 17.3. The molecule has 0 radical (unpaired) electrons. The molecule has 8 nitrogen and oxygen atoms in total. The van der Waals surface area contributed by atoms with Gasteiger partial charge in [0.1, 0.15) is 12.4 Å². The molecule has 1 aromatic carbocycles. The molecule has 1 aliphatic heterocycles. The van der Waals surface area contributed by atoms with Crippen LogP contribution in [0.4, 0.5) is 8.78 Å². The number of ether oxygens (including phenoxy) is 4. The summed E-state index contributed by atoms with van der Waals surface area (Å²) in [5, 5.41) is 5.39. The molecule has 41 heavy (non-hydrogen) atoms. The largest absolute Gasteiger partial charge is 0.494 e. The molecule has 3 aromatic heterocycles. The maximum absolute atomic E-state index is 15.3. The number of rotatable bonds is 11. The van der Waals surface area contributed by atoms with Gasteiger partial charge in [0.05, 0.1) is 26.5 Å². The third-order valence-electron chi connectivity index (χ3n) is 7.55. The molecule has 1 fully saturated rings. The number of aromatic nitrogens is 4. The number of pyridine rings is 1. The summed E-state index contributed by atoms with van der Waals surface area (Å²) in [5.74, 6) is -1.65. The van der Waals surface area contributed by atoms with E-state index in [1.165, 1.54) is 20.3 Å². The summed E-state index contributed by atoms with van der Waals surface area (Å²) in [6.07, 6.45) is 9.37. The minimum atomic E-state index is -1.25. The van der Waals surface area contributed by atoms with Crippen LogP contribution in [-0.4, -0.2) is 61.4 Å². The summed E-state index contributed by atoms with van der Waals surface area (Å²) in [7, 11) is 1.44. The van der Waals surface area contributed by atoms with Crippen molar-refractivity contribution >= 4 is 19.1 Å². The van der Waals surface area contributed by atoms with Crippen LogP contribution in [0, 0.1) is 11.6 Å². The normalized spacial score (nSPS) is 14.6. The van der Waals surface area contributed by atoms with Crippen molar-refractivity contribution < 1.29 is 27.7 Å². The molecule has 0 unspecified atom stereocenters. The van der Waals surface area contributed by atoms with E-state index in [1.54, 1.807) is 0 Å². The lowest BCUT2D eigenvalue weighted by molar-refractivity contribution is 0.0662. The van der Waals surface area contributed by atoms with E-state index in [4.69, 9.17) is 23.9 Å². The molecule has 0 saturated carbocycles. The molecule has 0 spiro atoms. The molecule has 0 amide bonds. The van der Waals surface area contributed by atoms with E-state index in [1.807, 2.05) is 40.1 Å². The van der Waals surface area contributed by atoms with Crippen LogP contribution >= 0.6 is 0 Å². The fourth-order valence-corrected chi connectivity index (χ4v) is 5.86. The molecular weight excluding hydrogens is 546 g/mol. The molecule has 0 bridgehead atoms. The minimum Gasteiger partial charge on any atom is -0.494 e. The molecule has 0 aliphatic carbocycles. The minimum absolute atomic E-state index is 0.0178. The second-order valence-electron chi connectivity index (χ2n) is 11.7. The average Bonchev–Trinajstić information content (AvgIpc) is 3.59. The third kappa shape index (κ3) is 6.47. The Labute approximate surface area is 240 Å². The van der Waals surface area contributed by atoms with Crippen LogP contribution in [-0.2, 0) is 22.6 Å². The Kier molecular flexibility index (Phi) is 8.76. The molecule has 1 saturated heterocycles. The highest BCUT2D eigenvalue weighted by molar-refractivity contribution is 6.76. The third-order valence-corrected chi connectivity index (χ3v) is 9.26. The number of halogens is 2. The van der Waals surface area contributed by atoms with Gasteiger partial charge in [0.2, 0.25) is 0 Å². The van der Waals surface area contributed by atoms with Crippen molar-refractivity contribution in [1.29, 1.82) is 0 Å². The monoisotopic (exact) mass is 584 g/mol. The van der Waals surface area contributed by atoms with Gasteiger partial charge in [-0.05, 0) is 30.5 Å². The Morgan fingerprint density at radius 2 is 1.68 bits per heavy atom. The van der Waals surface area contributed by atoms with Crippen LogP contribution in [0.1, 0.15) is 30.0 Å². The standard InChI is InChI=1S/C30H38F2N4O4Si/c1-37-26-14-27(38-2)29(32)25(28(26)31)13-21-17-35(19-40-10-11-41(3,4)5)30-24(21)12-20(15-33-30)22-16-34-36(18-22)23-6-8-39-9-7-23/h12,14-18,23H,6-11,13,19H2,1-5H3. The molecule has 0 atom stereocenters. The van der Waals surface area contributed by atoms with Crippen molar-refractivity contribution in [1.82, 2.24) is 19.3 Å². The van der Waals surface area contributed by atoms with Crippen molar-refractivity contribution in [3.05, 3.63) is 59.7 Å². The molecule has 11 heteroatoms. The van der Waals surface area contributed by atoms with Gasteiger partial charge >= 0.3 is 0 Å². The van der Waals surface area contributed by atoms with Crippen molar-refractivity contribution in [2.24, 2.45) is 0 Å². The molecule has 4 aromatic rings. The van der Waals surface area contributed by atoms with Crippen molar-refractivity contribution in [3.8, 4) is 22.6 Å².